The lowest BCUT2D eigenvalue weighted by molar-refractivity contribution is 0.0315. The molecule has 92 valence electrons. The van der Waals surface area contributed by atoms with E-state index in [4.69, 9.17) is 5.11 Å². The highest BCUT2D eigenvalue weighted by Gasteiger charge is 2.21. The van der Waals surface area contributed by atoms with Gasteiger partial charge in [0.05, 0.1) is 5.60 Å². The minimum Gasteiger partial charge on any atom is -0.396 e. The zero-order valence-corrected chi connectivity index (χ0v) is 10.4. The zero-order chi connectivity index (χ0) is 11.7. The second-order valence-corrected chi connectivity index (χ2v) is 4.35. The van der Waals surface area contributed by atoms with E-state index < -0.39 is 5.60 Å². The zero-order valence-electron chi connectivity index (χ0n) is 10.4. The highest BCUT2D eigenvalue weighted by atomic mass is 16.3. The van der Waals surface area contributed by atoms with Crippen LogP contribution in [-0.4, -0.2) is 35.5 Å². The standard InChI is InChI=1S/C12H27NO2/c1-4-11(7-8-14)9-13-10-12(15,5-2)6-3/h11,13-15H,4-10H2,1-3H3. The van der Waals surface area contributed by atoms with E-state index in [9.17, 15) is 5.11 Å². The maximum absolute atomic E-state index is 10.0. The minimum absolute atomic E-state index is 0.256. The quantitative estimate of drug-likeness (QED) is 0.549. The van der Waals surface area contributed by atoms with E-state index in [0.717, 1.165) is 32.2 Å². The van der Waals surface area contributed by atoms with Gasteiger partial charge in [-0.2, -0.15) is 0 Å². The second kappa shape index (κ2) is 8.08. The van der Waals surface area contributed by atoms with Gasteiger partial charge >= 0.3 is 0 Å². The Morgan fingerprint density at radius 1 is 1.20 bits per heavy atom. The molecule has 0 aromatic carbocycles. The molecule has 15 heavy (non-hydrogen) atoms. The molecule has 3 heteroatoms. The van der Waals surface area contributed by atoms with Crippen molar-refractivity contribution >= 4 is 0 Å². The molecule has 0 radical (unpaired) electrons. The highest BCUT2D eigenvalue weighted by Crippen LogP contribution is 2.13. The van der Waals surface area contributed by atoms with E-state index in [2.05, 4.69) is 12.2 Å². The normalized spacial score (nSPS) is 14.2. The first-order chi connectivity index (χ1) is 7.11. The van der Waals surface area contributed by atoms with Gasteiger partial charge in [-0.15, -0.1) is 0 Å². The van der Waals surface area contributed by atoms with Crippen LogP contribution in [0, 0.1) is 5.92 Å². The van der Waals surface area contributed by atoms with Crippen molar-refractivity contribution < 1.29 is 10.2 Å². The molecule has 0 aromatic heterocycles. The van der Waals surface area contributed by atoms with Crippen LogP contribution in [-0.2, 0) is 0 Å². The Bertz CT molecular complexity index is 147. The summed E-state index contributed by atoms with van der Waals surface area (Å²) in [5.41, 5.74) is -0.558. The smallest absolute Gasteiger partial charge is 0.0766 e. The molecular formula is C12H27NO2. The molecule has 0 aliphatic rings. The van der Waals surface area contributed by atoms with E-state index in [1.54, 1.807) is 0 Å². The van der Waals surface area contributed by atoms with E-state index in [-0.39, 0.29) is 6.61 Å². The van der Waals surface area contributed by atoms with E-state index in [1.165, 1.54) is 0 Å². The Labute approximate surface area is 93.9 Å². The van der Waals surface area contributed by atoms with Crippen molar-refractivity contribution in [1.82, 2.24) is 5.32 Å². The maximum atomic E-state index is 10.0. The number of hydrogen-bond donors (Lipinski definition) is 3. The van der Waals surface area contributed by atoms with Crippen LogP contribution in [0.1, 0.15) is 46.5 Å². The molecule has 0 aliphatic heterocycles. The maximum Gasteiger partial charge on any atom is 0.0766 e. The Kier molecular flexibility index (Phi) is 8.02. The van der Waals surface area contributed by atoms with Crippen LogP contribution in [0.25, 0.3) is 0 Å². The first kappa shape index (κ1) is 14.9. The summed E-state index contributed by atoms with van der Waals surface area (Å²) in [7, 11) is 0. The van der Waals surface area contributed by atoms with Crippen molar-refractivity contribution in [1.29, 1.82) is 0 Å². The fourth-order valence-electron chi connectivity index (χ4n) is 1.64. The van der Waals surface area contributed by atoms with Crippen LogP contribution in [0.4, 0.5) is 0 Å². The first-order valence-corrected chi connectivity index (χ1v) is 6.15. The van der Waals surface area contributed by atoms with Gasteiger partial charge in [-0.05, 0) is 31.7 Å². The van der Waals surface area contributed by atoms with Crippen LogP contribution < -0.4 is 5.32 Å². The Morgan fingerprint density at radius 2 is 1.80 bits per heavy atom. The van der Waals surface area contributed by atoms with Gasteiger partial charge in [0.1, 0.15) is 0 Å². The van der Waals surface area contributed by atoms with E-state index in [0.29, 0.717) is 12.5 Å². The molecule has 0 bridgehead atoms. The van der Waals surface area contributed by atoms with Crippen LogP contribution in [0.5, 0.6) is 0 Å². The SMILES string of the molecule is CCC(CCO)CNCC(O)(CC)CC. The molecule has 0 saturated heterocycles. The number of rotatable bonds is 9. The summed E-state index contributed by atoms with van der Waals surface area (Å²) in [6.07, 6.45) is 3.49. The molecule has 0 amide bonds. The third kappa shape index (κ3) is 6.13. The molecule has 0 rings (SSSR count). The van der Waals surface area contributed by atoms with Gasteiger partial charge in [-0.1, -0.05) is 27.2 Å². The molecular weight excluding hydrogens is 190 g/mol. The second-order valence-electron chi connectivity index (χ2n) is 4.35. The topological polar surface area (TPSA) is 52.5 Å². The predicted molar refractivity (Wildman–Crippen MR) is 63.9 cm³/mol. The van der Waals surface area contributed by atoms with E-state index in [1.807, 2.05) is 13.8 Å². The lowest BCUT2D eigenvalue weighted by atomic mass is 9.96. The first-order valence-electron chi connectivity index (χ1n) is 6.15. The lowest BCUT2D eigenvalue weighted by Gasteiger charge is -2.26. The summed E-state index contributed by atoms with van der Waals surface area (Å²) in [5.74, 6) is 0.521. The van der Waals surface area contributed by atoms with Crippen molar-refractivity contribution in [3.63, 3.8) is 0 Å². The van der Waals surface area contributed by atoms with Gasteiger partial charge in [0.15, 0.2) is 0 Å². The van der Waals surface area contributed by atoms with Crippen LogP contribution in [0.3, 0.4) is 0 Å². The summed E-state index contributed by atoms with van der Waals surface area (Å²) in [5, 5.41) is 22.2. The summed E-state index contributed by atoms with van der Waals surface area (Å²) < 4.78 is 0. The molecule has 0 spiro atoms. The number of nitrogens with one attached hydrogen (secondary N) is 1. The minimum atomic E-state index is -0.558. The van der Waals surface area contributed by atoms with Gasteiger partial charge in [-0.25, -0.2) is 0 Å². The van der Waals surface area contributed by atoms with Gasteiger partial charge in [-0.3, -0.25) is 0 Å². The molecule has 1 atom stereocenters. The number of hydrogen-bond acceptors (Lipinski definition) is 3. The van der Waals surface area contributed by atoms with Crippen molar-refractivity contribution in [2.75, 3.05) is 19.7 Å². The monoisotopic (exact) mass is 217 g/mol. The lowest BCUT2D eigenvalue weighted by Crippen LogP contribution is -2.41. The van der Waals surface area contributed by atoms with Gasteiger partial charge < -0.3 is 15.5 Å². The molecule has 3 N–H and O–H groups in total. The van der Waals surface area contributed by atoms with Crippen LogP contribution in [0.15, 0.2) is 0 Å². The fourth-order valence-corrected chi connectivity index (χ4v) is 1.64. The molecule has 3 nitrogen and oxygen atoms in total. The predicted octanol–water partition coefficient (Wildman–Crippen LogP) is 1.54. The van der Waals surface area contributed by atoms with Crippen LogP contribution >= 0.6 is 0 Å². The summed E-state index contributed by atoms with van der Waals surface area (Å²) in [4.78, 5) is 0. The molecule has 1 unspecified atom stereocenters. The third-order valence-electron chi connectivity index (χ3n) is 3.32. The molecule has 0 saturated carbocycles. The Hall–Kier alpha value is -0.120. The molecule has 0 aromatic rings. The fraction of sp³-hybridized carbons (Fsp3) is 1.00. The summed E-state index contributed by atoms with van der Waals surface area (Å²) in [6, 6.07) is 0. The number of aliphatic hydroxyl groups excluding tert-OH is 1. The van der Waals surface area contributed by atoms with E-state index >= 15 is 0 Å². The summed E-state index contributed by atoms with van der Waals surface area (Å²) in [6.45, 7) is 7.95. The van der Waals surface area contributed by atoms with Crippen molar-refractivity contribution in [3.05, 3.63) is 0 Å². The van der Waals surface area contributed by atoms with Crippen molar-refractivity contribution in [2.24, 2.45) is 5.92 Å². The van der Waals surface area contributed by atoms with Gasteiger partial charge in [0.25, 0.3) is 0 Å². The Morgan fingerprint density at radius 3 is 2.20 bits per heavy atom. The molecule has 0 fully saturated rings. The third-order valence-corrected chi connectivity index (χ3v) is 3.32. The average molecular weight is 217 g/mol. The van der Waals surface area contributed by atoms with Gasteiger partial charge in [0.2, 0.25) is 0 Å². The molecule has 0 heterocycles. The largest absolute Gasteiger partial charge is 0.396 e. The summed E-state index contributed by atoms with van der Waals surface area (Å²) >= 11 is 0. The highest BCUT2D eigenvalue weighted by molar-refractivity contribution is 4.78. The van der Waals surface area contributed by atoms with Crippen LogP contribution in [0.2, 0.25) is 0 Å². The van der Waals surface area contributed by atoms with Gasteiger partial charge in [0, 0.05) is 13.2 Å². The van der Waals surface area contributed by atoms with Crippen molar-refractivity contribution in [3.8, 4) is 0 Å². The number of aliphatic hydroxyl groups is 2. The Balaban J connectivity index is 3.75. The van der Waals surface area contributed by atoms with Crippen molar-refractivity contribution in [2.45, 2.75) is 52.1 Å². The molecule has 0 aliphatic carbocycles. The average Bonchev–Trinajstić information content (AvgIpc) is 2.27.